The van der Waals surface area contributed by atoms with Gasteiger partial charge in [-0.3, -0.25) is 0 Å². The van der Waals surface area contributed by atoms with Gasteiger partial charge in [0.2, 0.25) is 10.0 Å². The molecule has 20 heavy (non-hydrogen) atoms. The molecule has 0 unspecified atom stereocenters. The van der Waals surface area contributed by atoms with E-state index in [1.165, 1.54) is 0 Å². The van der Waals surface area contributed by atoms with E-state index >= 15 is 0 Å². The summed E-state index contributed by atoms with van der Waals surface area (Å²) in [5, 5.41) is 0. The van der Waals surface area contributed by atoms with E-state index in [0.29, 0.717) is 18.3 Å². The lowest BCUT2D eigenvalue weighted by atomic mass is 10.2. The van der Waals surface area contributed by atoms with Gasteiger partial charge in [-0.2, -0.15) is 4.31 Å². The Bertz CT molecular complexity index is 535. The van der Waals surface area contributed by atoms with Gasteiger partial charge >= 0.3 is 0 Å². The Morgan fingerprint density at radius 3 is 2.20 bits per heavy atom. The molecule has 0 N–H and O–H groups in total. The van der Waals surface area contributed by atoms with Gasteiger partial charge in [0.1, 0.15) is 0 Å². The summed E-state index contributed by atoms with van der Waals surface area (Å²) in [6.45, 7) is 4.73. The minimum Gasteiger partial charge on any atom is -0.212 e. The van der Waals surface area contributed by atoms with Crippen LogP contribution in [0, 0.1) is 5.92 Å². The molecule has 2 rings (SSSR count). The third-order valence-electron chi connectivity index (χ3n) is 3.38. The topological polar surface area (TPSA) is 37.4 Å². The molecular weight excluding hydrogens is 294 g/mol. The molecule has 1 aromatic carbocycles. The van der Waals surface area contributed by atoms with Crippen LogP contribution in [-0.4, -0.2) is 25.3 Å². The smallest absolute Gasteiger partial charge is 0.212 e. The van der Waals surface area contributed by atoms with E-state index in [0.717, 1.165) is 24.0 Å². The van der Waals surface area contributed by atoms with Crippen LogP contribution in [0.25, 0.3) is 0 Å². The van der Waals surface area contributed by atoms with E-state index in [-0.39, 0.29) is 11.8 Å². The van der Waals surface area contributed by atoms with E-state index in [2.05, 4.69) is 13.8 Å². The quantitative estimate of drug-likeness (QED) is 0.723. The SMILES string of the molecule is CC(C)CN(C1CC1)S(=O)(=O)Cc1ccc(CCl)cc1. The average Bonchev–Trinajstić information content (AvgIpc) is 3.20. The first-order valence-electron chi connectivity index (χ1n) is 7.05. The molecule has 1 aliphatic rings. The van der Waals surface area contributed by atoms with E-state index in [9.17, 15) is 8.42 Å². The minimum absolute atomic E-state index is 0.0821. The van der Waals surface area contributed by atoms with Crippen LogP contribution in [0.2, 0.25) is 0 Å². The number of rotatable bonds is 7. The van der Waals surface area contributed by atoms with Gasteiger partial charge in [-0.15, -0.1) is 11.6 Å². The molecule has 0 amide bonds. The van der Waals surface area contributed by atoms with Crippen LogP contribution in [0.1, 0.15) is 37.8 Å². The number of sulfonamides is 1. The van der Waals surface area contributed by atoms with E-state index in [1.54, 1.807) is 4.31 Å². The molecule has 1 saturated carbocycles. The molecule has 0 spiro atoms. The van der Waals surface area contributed by atoms with Crippen LogP contribution >= 0.6 is 11.6 Å². The van der Waals surface area contributed by atoms with Crippen molar-refractivity contribution in [2.45, 2.75) is 44.4 Å². The molecule has 0 saturated heterocycles. The molecule has 112 valence electrons. The zero-order chi connectivity index (χ0) is 14.8. The molecule has 0 atom stereocenters. The van der Waals surface area contributed by atoms with E-state index in [4.69, 9.17) is 11.6 Å². The monoisotopic (exact) mass is 315 g/mol. The van der Waals surface area contributed by atoms with Crippen molar-refractivity contribution < 1.29 is 8.42 Å². The van der Waals surface area contributed by atoms with Crippen molar-refractivity contribution in [2.24, 2.45) is 5.92 Å². The second-order valence-corrected chi connectivity index (χ2v) is 8.09. The highest BCUT2D eigenvalue weighted by Gasteiger charge is 2.37. The van der Waals surface area contributed by atoms with Crippen molar-refractivity contribution in [1.82, 2.24) is 4.31 Å². The molecule has 0 bridgehead atoms. The van der Waals surface area contributed by atoms with Gasteiger partial charge in [0.05, 0.1) is 5.75 Å². The van der Waals surface area contributed by atoms with Gasteiger partial charge in [0.15, 0.2) is 0 Å². The predicted molar refractivity (Wildman–Crippen MR) is 83.2 cm³/mol. The number of nitrogens with zero attached hydrogens (tertiary/aromatic N) is 1. The van der Waals surface area contributed by atoms with Crippen LogP contribution < -0.4 is 0 Å². The van der Waals surface area contributed by atoms with Gasteiger partial charge in [-0.1, -0.05) is 38.1 Å². The molecule has 5 heteroatoms. The van der Waals surface area contributed by atoms with Crippen LogP contribution in [-0.2, 0) is 21.7 Å². The molecule has 0 aromatic heterocycles. The van der Waals surface area contributed by atoms with Gasteiger partial charge in [-0.05, 0) is 29.9 Å². The molecule has 1 fully saturated rings. The average molecular weight is 316 g/mol. The maximum absolute atomic E-state index is 12.6. The van der Waals surface area contributed by atoms with Crippen LogP contribution in [0.5, 0.6) is 0 Å². The number of benzene rings is 1. The van der Waals surface area contributed by atoms with Crippen LogP contribution in [0.15, 0.2) is 24.3 Å². The third kappa shape index (κ3) is 4.21. The summed E-state index contributed by atoms with van der Waals surface area (Å²) in [6, 6.07) is 7.72. The van der Waals surface area contributed by atoms with Crippen LogP contribution in [0.4, 0.5) is 0 Å². The normalized spacial score (nSPS) is 16.1. The Hall–Kier alpha value is -0.580. The standard InChI is InChI=1S/C15H22ClNO2S/c1-12(2)10-17(15-7-8-15)20(18,19)11-14-5-3-13(9-16)4-6-14/h3-6,12,15H,7-11H2,1-2H3. The molecule has 0 radical (unpaired) electrons. The maximum Gasteiger partial charge on any atom is 0.218 e. The fourth-order valence-corrected chi connectivity index (χ4v) is 4.38. The molecule has 0 aliphatic heterocycles. The number of hydrogen-bond acceptors (Lipinski definition) is 2. The van der Waals surface area contributed by atoms with Crippen molar-refractivity contribution in [3.8, 4) is 0 Å². The lowest BCUT2D eigenvalue weighted by Crippen LogP contribution is -2.36. The zero-order valence-corrected chi connectivity index (χ0v) is 13.6. The Kier molecular flexibility index (Phi) is 5.10. The predicted octanol–water partition coefficient (Wildman–Crippen LogP) is 3.38. The molecule has 1 aromatic rings. The molecule has 1 aliphatic carbocycles. The number of hydrogen-bond donors (Lipinski definition) is 0. The summed E-state index contributed by atoms with van der Waals surface area (Å²) in [5.74, 6) is 0.886. The highest BCUT2D eigenvalue weighted by Crippen LogP contribution is 2.31. The number of halogens is 1. The molecule has 0 heterocycles. The minimum atomic E-state index is -3.23. The third-order valence-corrected chi connectivity index (χ3v) is 5.55. The second kappa shape index (κ2) is 6.46. The van der Waals surface area contributed by atoms with Gasteiger partial charge < -0.3 is 0 Å². The molecular formula is C15H22ClNO2S. The van der Waals surface area contributed by atoms with Gasteiger partial charge in [0.25, 0.3) is 0 Å². The van der Waals surface area contributed by atoms with Crippen molar-refractivity contribution in [1.29, 1.82) is 0 Å². The highest BCUT2D eigenvalue weighted by atomic mass is 35.5. The van der Waals surface area contributed by atoms with E-state index in [1.807, 2.05) is 24.3 Å². The van der Waals surface area contributed by atoms with Gasteiger partial charge in [0, 0.05) is 18.5 Å². The maximum atomic E-state index is 12.6. The van der Waals surface area contributed by atoms with Gasteiger partial charge in [-0.25, -0.2) is 8.42 Å². The van der Waals surface area contributed by atoms with E-state index < -0.39 is 10.0 Å². The fourth-order valence-electron chi connectivity index (χ4n) is 2.23. The Morgan fingerprint density at radius 1 is 1.20 bits per heavy atom. The van der Waals surface area contributed by atoms with Crippen molar-refractivity contribution in [3.63, 3.8) is 0 Å². The zero-order valence-electron chi connectivity index (χ0n) is 12.0. The summed E-state index contributed by atoms with van der Waals surface area (Å²) in [7, 11) is -3.23. The Balaban J connectivity index is 2.11. The van der Waals surface area contributed by atoms with Crippen molar-refractivity contribution in [2.75, 3.05) is 6.54 Å². The van der Waals surface area contributed by atoms with Crippen LogP contribution in [0.3, 0.4) is 0 Å². The first kappa shape index (κ1) is 15.8. The second-order valence-electron chi connectivity index (χ2n) is 5.90. The Labute approximate surface area is 127 Å². The number of alkyl halides is 1. The summed E-state index contributed by atoms with van der Waals surface area (Å²) >= 11 is 5.74. The molecule has 3 nitrogen and oxygen atoms in total. The lowest BCUT2D eigenvalue weighted by molar-refractivity contribution is 0.359. The lowest BCUT2D eigenvalue weighted by Gasteiger charge is -2.23. The van der Waals surface area contributed by atoms with Crippen molar-refractivity contribution in [3.05, 3.63) is 35.4 Å². The first-order chi connectivity index (χ1) is 9.42. The Morgan fingerprint density at radius 2 is 1.75 bits per heavy atom. The fraction of sp³-hybridized carbons (Fsp3) is 0.600. The first-order valence-corrected chi connectivity index (χ1v) is 9.20. The largest absolute Gasteiger partial charge is 0.218 e. The summed E-state index contributed by atoms with van der Waals surface area (Å²) < 4.78 is 26.8. The summed E-state index contributed by atoms with van der Waals surface area (Å²) in [6.07, 6.45) is 1.99. The highest BCUT2D eigenvalue weighted by molar-refractivity contribution is 7.88. The summed E-state index contributed by atoms with van der Waals surface area (Å²) in [4.78, 5) is 0. The summed E-state index contributed by atoms with van der Waals surface area (Å²) in [5.41, 5.74) is 1.84. The van der Waals surface area contributed by atoms with Crippen molar-refractivity contribution >= 4 is 21.6 Å².